The second kappa shape index (κ2) is 8.58. The third-order valence-electron chi connectivity index (χ3n) is 6.01. The number of halogens is 2. The van der Waals surface area contributed by atoms with Crippen LogP contribution < -0.4 is 16.6 Å². The number of urea groups is 1. The molecular weight excluding hydrogens is 446 g/mol. The summed E-state index contributed by atoms with van der Waals surface area (Å²) in [5, 5.41) is 2.56. The highest BCUT2D eigenvalue weighted by Crippen LogP contribution is 2.26. The van der Waals surface area contributed by atoms with Crippen LogP contribution in [0, 0.1) is 11.6 Å². The van der Waals surface area contributed by atoms with Crippen LogP contribution in [0.1, 0.15) is 18.9 Å². The van der Waals surface area contributed by atoms with Crippen molar-refractivity contribution in [2.75, 3.05) is 18.4 Å². The second-order valence-corrected chi connectivity index (χ2v) is 8.05. The van der Waals surface area contributed by atoms with Crippen LogP contribution in [-0.2, 0) is 0 Å². The molecule has 0 unspecified atom stereocenters. The van der Waals surface area contributed by atoms with E-state index in [2.05, 4.69) is 20.3 Å². The molecule has 0 bridgehead atoms. The Kier molecular flexibility index (Phi) is 5.44. The molecule has 4 aromatic rings. The molecule has 1 saturated heterocycles. The summed E-state index contributed by atoms with van der Waals surface area (Å²) in [5.74, 6) is -2.06. The van der Waals surface area contributed by atoms with Crippen LogP contribution in [0.5, 0.6) is 0 Å². The van der Waals surface area contributed by atoms with Gasteiger partial charge in [-0.25, -0.2) is 23.4 Å². The van der Waals surface area contributed by atoms with Gasteiger partial charge in [-0.1, -0.05) is 12.1 Å². The Morgan fingerprint density at radius 2 is 1.91 bits per heavy atom. The molecule has 0 atom stereocenters. The Hall–Kier alpha value is -4.28. The summed E-state index contributed by atoms with van der Waals surface area (Å²) in [7, 11) is 0. The molecule has 0 saturated carbocycles. The number of amides is 2. The minimum absolute atomic E-state index is 0.0359. The lowest BCUT2D eigenvalue weighted by Gasteiger charge is -2.32. The minimum atomic E-state index is -1.04. The molecule has 3 aromatic heterocycles. The number of imidazole rings is 1. The number of carbonyl (C=O) groups is 1. The van der Waals surface area contributed by atoms with Crippen LogP contribution in [0.25, 0.3) is 22.3 Å². The van der Waals surface area contributed by atoms with Gasteiger partial charge in [-0.3, -0.25) is 14.3 Å². The lowest BCUT2D eigenvalue weighted by atomic mass is 10.0. The number of aromatic nitrogens is 4. The molecule has 0 spiro atoms. The number of piperidine rings is 1. The molecule has 9 nitrogen and oxygen atoms in total. The average Bonchev–Trinajstić information content (AvgIpc) is 3.18. The molecule has 174 valence electrons. The first kappa shape index (κ1) is 21.6. The van der Waals surface area contributed by atoms with Gasteiger partial charge in [-0.05, 0) is 37.1 Å². The van der Waals surface area contributed by atoms with Gasteiger partial charge >= 0.3 is 11.7 Å². The Morgan fingerprint density at radius 1 is 1.12 bits per heavy atom. The van der Waals surface area contributed by atoms with E-state index in [0.29, 0.717) is 37.1 Å². The van der Waals surface area contributed by atoms with Crippen LogP contribution in [0.4, 0.5) is 19.3 Å². The zero-order chi connectivity index (χ0) is 23.8. The molecule has 0 aliphatic carbocycles. The number of rotatable bonds is 3. The summed E-state index contributed by atoms with van der Waals surface area (Å²) in [6.45, 7) is 0.734. The standard InChI is InChI=1S/C23H20F2N6O3/c24-16-4-1-3-15(19(16)25)13-11-17(21(32)27-12-13)28-22(33)30-9-6-14(7-10-30)31-18-5-2-8-26-20(18)29-23(31)34/h1-5,8,11-12,14H,6-7,9-10H2,(H,27,32)(H,28,33)(H,26,29,34). The topological polar surface area (TPSA) is 116 Å². The average molecular weight is 466 g/mol. The Labute approximate surface area is 191 Å². The van der Waals surface area contributed by atoms with Gasteiger partial charge in [0, 0.05) is 42.7 Å². The van der Waals surface area contributed by atoms with Crippen LogP contribution in [0.3, 0.4) is 0 Å². The molecule has 4 heterocycles. The molecule has 11 heteroatoms. The predicted molar refractivity (Wildman–Crippen MR) is 122 cm³/mol. The minimum Gasteiger partial charge on any atom is -0.327 e. The number of carbonyl (C=O) groups excluding carboxylic acids is 1. The van der Waals surface area contributed by atoms with E-state index in [-0.39, 0.29) is 28.5 Å². The van der Waals surface area contributed by atoms with Gasteiger partial charge in [0.25, 0.3) is 5.56 Å². The van der Waals surface area contributed by atoms with E-state index in [9.17, 15) is 23.2 Å². The van der Waals surface area contributed by atoms with Crippen molar-refractivity contribution in [3.8, 4) is 11.1 Å². The molecule has 0 radical (unpaired) electrons. The zero-order valence-electron chi connectivity index (χ0n) is 17.8. The van der Waals surface area contributed by atoms with Crippen molar-refractivity contribution < 1.29 is 13.6 Å². The van der Waals surface area contributed by atoms with E-state index in [0.717, 1.165) is 6.07 Å². The van der Waals surface area contributed by atoms with Gasteiger partial charge in [-0.2, -0.15) is 0 Å². The molecule has 5 rings (SSSR count). The Morgan fingerprint density at radius 3 is 2.71 bits per heavy atom. The number of nitrogens with zero attached hydrogens (tertiary/aromatic N) is 3. The van der Waals surface area contributed by atoms with Crippen LogP contribution in [0.15, 0.2) is 58.4 Å². The summed E-state index contributed by atoms with van der Waals surface area (Å²) in [4.78, 5) is 48.4. The van der Waals surface area contributed by atoms with Crippen molar-refractivity contribution >= 4 is 22.9 Å². The highest BCUT2D eigenvalue weighted by Gasteiger charge is 2.26. The monoisotopic (exact) mass is 466 g/mol. The first-order chi connectivity index (χ1) is 16.4. The molecule has 1 aromatic carbocycles. The Balaban J connectivity index is 1.30. The summed E-state index contributed by atoms with van der Waals surface area (Å²) in [6.07, 6.45) is 3.95. The highest BCUT2D eigenvalue weighted by molar-refractivity contribution is 5.90. The maximum absolute atomic E-state index is 14.2. The lowest BCUT2D eigenvalue weighted by molar-refractivity contribution is 0.184. The van der Waals surface area contributed by atoms with Crippen molar-refractivity contribution in [1.82, 2.24) is 24.4 Å². The highest BCUT2D eigenvalue weighted by atomic mass is 19.2. The smallest absolute Gasteiger partial charge is 0.327 e. The molecule has 1 aliphatic rings. The summed E-state index contributed by atoms with van der Waals surface area (Å²) < 4.78 is 29.4. The number of fused-ring (bicyclic) bond motifs is 1. The number of pyridine rings is 2. The van der Waals surface area contributed by atoms with Gasteiger partial charge in [0.2, 0.25) is 0 Å². The van der Waals surface area contributed by atoms with Crippen molar-refractivity contribution in [2.45, 2.75) is 18.9 Å². The van der Waals surface area contributed by atoms with E-state index in [1.165, 1.54) is 24.4 Å². The molecule has 1 fully saturated rings. The predicted octanol–water partition coefficient (Wildman–Crippen LogP) is 3.23. The van der Waals surface area contributed by atoms with Crippen molar-refractivity contribution in [1.29, 1.82) is 0 Å². The first-order valence-corrected chi connectivity index (χ1v) is 10.7. The lowest BCUT2D eigenvalue weighted by Crippen LogP contribution is -2.43. The number of anilines is 1. The molecule has 1 aliphatic heterocycles. The van der Waals surface area contributed by atoms with Crippen molar-refractivity contribution in [3.63, 3.8) is 0 Å². The number of likely N-dealkylation sites (tertiary alicyclic amines) is 1. The Bertz CT molecular complexity index is 1500. The van der Waals surface area contributed by atoms with Gasteiger partial charge < -0.3 is 15.2 Å². The fourth-order valence-corrected chi connectivity index (χ4v) is 4.30. The maximum atomic E-state index is 14.2. The maximum Gasteiger partial charge on any atom is 0.327 e. The number of aromatic amines is 2. The van der Waals surface area contributed by atoms with Crippen molar-refractivity contribution in [2.24, 2.45) is 0 Å². The van der Waals surface area contributed by atoms with Gasteiger partial charge in [-0.15, -0.1) is 0 Å². The third-order valence-corrected chi connectivity index (χ3v) is 6.01. The summed E-state index contributed by atoms with van der Waals surface area (Å²) >= 11 is 0. The largest absolute Gasteiger partial charge is 0.327 e. The fraction of sp³-hybridized carbons (Fsp3) is 0.217. The summed E-state index contributed by atoms with van der Waals surface area (Å²) in [6, 6.07) is 8.03. The summed E-state index contributed by atoms with van der Waals surface area (Å²) in [5.41, 5.74) is 0.521. The number of benzene rings is 1. The normalized spacial score (nSPS) is 14.5. The third kappa shape index (κ3) is 3.85. The molecular formula is C23H20F2N6O3. The molecule has 3 N–H and O–H groups in total. The van der Waals surface area contributed by atoms with Crippen LogP contribution in [0.2, 0.25) is 0 Å². The number of nitrogens with one attached hydrogen (secondary N) is 3. The fourth-order valence-electron chi connectivity index (χ4n) is 4.30. The first-order valence-electron chi connectivity index (χ1n) is 10.7. The van der Waals surface area contributed by atoms with E-state index in [4.69, 9.17) is 0 Å². The van der Waals surface area contributed by atoms with E-state index < -0.39 is 23.2 Å². The zero-order valence-corrected chi connectivity index (χ0v) is 17.8. The SMILES string of the molecule is O=C(Nc1cc(-c2cccc(F)c2F)c[nH]c1=O)N1CCC(n2c(=O)[nH]c3ncccc32)CC1. The number of H-pyrrole nitrogens is 2. The number of hydrogen-bond acceptors (Lipinski definition) is 4. The van der Waals surface area contributed by atoms with Crippen LogP contribution in [-0.4, -0.2) is 43.5 Å². The quantitative estimate of drug-likeness (QED) is 0.430. The van der Waals surface area contributed by atoms with Gasteiger partial charge in [0.1, 0.15) is 5.69 Å². The van der Waals surface area contributed by atoms with Gasteiger partial charge in [0.05, 0.1) is 5.52 Å². The second-order valence-electron chi connectivity index (χ2n) is 8.05. The van der Waals surface area contributed by atoms with Crippen LogP contribution >= 0.6 is 0 Å². The molecule has 2 amide bonds. The van der Waals surface area contributed by atoms with Gasteiger partial charge in [0.15, 0.2) is 17.3 Å². The van der Waals surface area contributed by atoms with Crippen molar-refractivity contribution in [3.05, 3.63) is 81.3 Å². The van der Waals surface area contributed by atoms with E-state index in [1.807, 2.05) is 6.07 Å². The number of hydrogen-bond donors (Lipinski definition) is 3. The van der Waals surface area contributed by atoms with E-state index >= 15 is 0 Å². The van der Waals surface area contributed by atoms with E-state index in [1.54, 1.807) is 21.7 Å². The molecule has 34 heavy (non-hydrogen) atoms.